The number of rotatable bonds is 10. The molecule has 0 radical (unpaired) electrons. The van der Waals surface area contributed by atoms with Gasteiger partial charge in [0.2, 0.25) is 0 Å². The van der Waals surface area contributed by atoms with Crippen LogP contribution in [0.2, 0.25) is 0 Å². The van der Waals surface area contributed by atoms with E-state index >= 15 is 0 Å². The SMILES string of the molecule is CCCCC(CC(=O)OCC)N(CC(C)C)C(=O)OCC. The number of ether oxygens (including phenoxy) is 2. The summed E-state index contributed by atoms with van der Waals surface area (Å²) in [5, 5.41) is 0. The van der Waals surface area contributed by atoms with Gasteiger partial charge in [-0.3, -0.25) is 4.79 Å². The lowest BCUT2D eigenvalue weighted by Crippen LogP contribution is -2.44. The van der Waals surface area contributed by atoms with Gasteiger partial charge in [0.25, 0.3) is 0 Å². The molecule has 0 aromatic rings. The lowest BCUT2D eigenvalue weighted by Gasteiger charge is -2.32. The van der Waals surface area contributed by atoms with Gasteiger partial charge in [0, 0.05) is 12.6 Å². The molecule has 0 aromatic carbocycles. The number of carbonyl (C=O) groups is 2. The molecule has 21 heavy (non-hydrogen) atoms. The standard InChI is InChI=1S/C16H31NO4/c1-6-9-10-14(11-15(18)20-7-2)17(12-13(4)5)16(19)21-8-3/h13-14H,6-12H2,1-5H3. The van der Waals surface area contributed by atoms with Crippen molar-refractivity contribution in [2.75, 3.05) is 19.8 Å². The third kappa shape index (κ3) is 8.58. The monoisotopic (exact) mass is 301 g/mol. The molecule has 0 aliphatic rings. The van der Waals surface area contributed by atoms with Gasteiger partial charge < -0.3 is 14.4 Å². The van der Waals surface area contributed by atoms with Crippen LogP contribution < -0.4 is 0 Å². The highest BCUT2D eigenvalue weighted by Gasteiger charge is 2.27. The van der Waals surface area contributed by atoms with E-state index < -0.39 is 0 Å². The Morgan fingerprint density at radius 1 is 1.05 bits per heavy atom. The predicted octanol–water partition coefficient (Wildman–Crippen LogP) is 3.61. The smallest absolute Gasteiger partial charge is 0.410 e. The van der Waals surface area contributed by atoms with Crippen molar-refractivity contribution < 1.29 is 19.1 Å². The molecule has 0 fully saturated rings. The highest BCUT2D eigenvalue weighted by molar-refractivity contribution is 5.72. The molecule has 1 amide bonds. The summed E-state index contributed by atoms with van der Waals surface area (Å²) in [5.41, 5.74) is 0. The normalized spacial score (nSPS) is 12.1. The van der Waals surface area contributed by atoms with Crippen molar-refractivity contribution in [2.45, 2.75) is 66.3 Å². The summed E-state index contributed by atoms with van der Waals surface area (Å²) in [6, 6.07) is -0.148. The van der Waals surface area contributed by atoms with Crippen molar-refractivity contribution in [1.82, 2.24) is 4.90 Å². The third-order valence-electron chi connectivity index (χ3n) is 3.10. The maximum absolute atomic E-state index is 12.2. The van der Waals surface area contributed by atoms with Gasteiger partial charge in [-0.1, -0.05) is 33.6 Å². The van der Waals surface area contributed by atoms with Crippen LogP contribution in [0.1, 0.15) is 60.3 Å². The number of hydrogen-bond acceptors (Lipinski definition) is 4. The molecule has 0 heterocycles. The summed E-state index contributed by atoms with van der Waals surface area (Å²) in [5.74, 6) is 0.0670. The van der Waals surface area contributed by atoms with Crippen LogP contribution in [0, 0.1) is 5.92 Å². The maximum atomic E-state index is 12.2. The molecule has 0 saturated heterocycles. The van der Waals surface area contributed by atoms with Crippen LogP contribution in [0.3, 0.4) is 0 Å². The number of hydrogen-bond donors (Lipinski definition) is 0. The molecule has 1 atom stereocenters. The first-order valence-corrected chi connectivity index (χ1v) is 8.05. The van der Waals surface area contributed by atoms with E-state index in [1.165, 1.54) is 0 Å². The Kier molecular flexibility index (Phi) is 10.7. The molecular weight excluding hydrogens is 270 g/mol. The minimum absolute atomic E-state index is 0.148. The van der Waals surface area contributed by atoms with Crippen molar-refractivity contribution in [3.8, 4) is 0 Å². The zero-order valence-corrected chi connectivity index (χ0v) is 14.2. The Hall–Kier alpha value is -1.26. The largest absolute Gasteiger partial charge is 0.466 e. The van der Waals surface area contributed by atoms with Gasteiger partial charge in [-0.2, -0.15) is 0 Å². The highest BCUT2D eigenvalue weighted by Crippen LogP contribution is 2.17. The molecule has 0 saturated carbocycles. The molecule has 5 heteroatoms. The summed E-state index contributed by atoms with van der Waals surface area (Å²) >= 11 is 0. The van der Waals surface area contributed by atoms with Gasteiger partial charge in [-0.25, -0.2) is 4.79 Å². The fraction of sp³-hybridized carbons (Fsp3) is 0.875. The van der Waals surface area contributed by atoms with Crippen LogP contribution in [0.5, 0.6) is 0 Å². The first-order valence-electron chi connectivity index (χ1n) is 8.05. The van der Waals surface area contributed by atoms with Crippen LogP contribution in [0.25, 0.3) is 0 Å². The number of unbranched alkanes of at least 4 members (excludes halogenated alkanes) is 1. The van der Waals surface area contributed by atoms with Gasteiger partial charge in [0.1, 0.15) is 0 Å². The van der Waals surface area contributed by atoms with Gasteiger partial charge in [-0.05, 0) is 26.2 Å². The Labute approximate surface area is 129 Å². The molecule has 0 N–H and O–H groups in total. The van der Waals surface area contributed by atoms with E-state index in [2.05, 4.69) is 6.92 Å². The van der Waals surface area contributed by atoms with Crippen molar-refractivity contribution in [3.63, 3.8) is 0 Å². The Morgan fingerprint density at radius 3 is 2.14 bits per heavy atom. The summed E-state index contributed by atoms with van der Waals surface area (Å²) in [7, 11) is 0. The van der Waals surface area contributed by atoms with E-state index in [1.807, 2.05) is 13.8 Å². The number of carbonyl (C=O) groups excluding carboxylic acids is 2. The van der Waals surface area contributed by atoms with Crippen molar-refractivity contribution in [3.05, 3.63) is 0 Å². The predicted molar refractivity (Wildman–Crippen MR) is 83.1 cm³/mol. The Bertz CT molecular complexity index is 305. The Balaban J connectivity index is 4.95. The lowest BCUT2D eigenvalue weighted by molar-refractivity contribution is -0.144. The summed E-state index contributed by atoms with van der Waals surface area (Å²) < 4.78 is 10.2. The van der Waals surface area contributed by atoms with Gasteiger partial charge in [-0.15, -0.1) is 0 Å². The quantitative estimate of drug-likeness (QED) is 0.578. The van der Waals surface area contributed by atoms with E-state index in [9.17, 15) is 9.59 Å². The number of amides is 1. The first-order chi connectivity index (χ1) is 9.96. The zero-order valence-electron chi connectivity index (χ0n) is 14.2. The fourth-order valence-corrected chi connectivity index (χ4v) is 2.19. The van der Waals surface area contributed by atoms with Crippen molar-refractivity contribution in [1.29, 1.82) is 0 Å². The number of esters is 1. The molecule has 124 valence electrons. The first kappa shape index (κ1) is 19.7. The van der Waals surface area contributed by atoms with Gasteiger partial charge in [0.15, 0.2) is 0 Å². The van der Waals surface area contributed by atoms with E-state index in [0.717, 1.165) is 19.3 Å². The molecule has 0 rings (SSSR count). The molecule has 0 bridgehead atoms. The topological polar surface area (TPSA) is 55.8 Å². The second kappa shape index (κ2) is 11.4. The van der Waals surface area contributed by atoms with Crippen LogP contribution >= 0.6 is 0 Å². The molecule has 0 aromatic heterocycles. The van der Waals surface area contributed by atoms with Crippen LogP contribution in [-0.2, 0) is 14.3 Å². The molecule has 5 nitrogen and oxygen atoms in total. The fourth-order valence-electron chi connectivity index (χ4n) is 2.19. The van der Waals surface area contributed by atoms with Crippen LogP contribution in [0.4, 0.5) is 4.79 Å². The van der Waals surface area contributed by atoms with Gasteiger partial charge >= 0.3 is 12.1 Å². The third-order valence-corrected chi connectivity index (χ3v) is 3.10. The average Bonchev–Trinajstić information content (AvgIpc) is 2.41. The molecule has 1 unspecified atom stereocenters. The average molecular weight is 301 g/mol. The second-order valence-corrected chi connectivity index (χ2v) is 5.55. The van der Waals surface area contributed by atoms with Crippen molar-refractivity contribution in [2.24, 2.45) is 5.92 Å². The molecular formula is C16H31NO4. The molecule has 0 aliphatic carbocycles. The van der Waals surface area contributed by atoms with Gasteiger partial charge in [0.05, 0.1) is 19.6 Å². The van der Waals surface area contributed by atoms with E-state index in [0.29, 0.717) is 25.7 Å². The maximum Gasteiger partial charge on any atom is 0.410 e. The van der Waals surface area contributed by atoms with E-state index in [4.69, 9.17) is 9.47 Å². The van der Waals surface area contributed by atoms with Crippen molar-refractivity contribution >= 4 is 12.1 Å². The summed E-state index contributed by atoms with van der Waals surface area (Å²) in [6.45, 7) is 11.1. The van der Waals surface area contributed by atoms with E-state index in [-0.39, 0.29) is 24.5 Å². The number of nitrogens with zero attached hydrogens (tertiary/aromatic N) is 1. The zero-order chi connectivity index (χ0) is 16.3. The van der Waals surface area contributed by atoms with E-state index in [1.54, 1.807) is 18.7 Å². The Morgan fingerprint density at radius 2 is 1.67 bits per heavy atom. The summed E-state index contributed by atoms with van der Waals surface area (Å²) in [4.78, 5) is 25.7. The molecule has 0 aliphatic heterocycles. The highest BCUT2D eigenvalue weighted by atomic mass is 16.6. The van der Waals surface area contributed by atoms with Crippen LogP contribution in [0.15, 0.2) is 0 Å². The minimum atomic E-state index is -0.336. The minimum Gasteiger partial charge on any atom is -0.466 e. The summed E-state index contributed by atoms with van der Waals surface area (Å²) in [6.07, 6.45) is 2.69. The lowest BCUT2D eigenvalue weighted by atomic mass is 10.0. The van der Waals surface area contributed by atoms with Crippen LogP contribution in [-0.4, -0.2) is 42.8 Å². The second-order valence-electron chi connectivity index (χ2n) is 5.55. The molecule has 0 spiro atoms.